The van der Waals surface area contributed by atoms with E-state index in [2.05, 4.69) is 27.3 Å². The number of hydrogen-bond acceptors (Lipinski definition) is 8. The highest BCUT2D eigenvalue weighted by Gasteiger charge is 2.38. The lowest BCUT2D eigenvalue weighted by Gasteiger charge is -2.44. The van der Waals surface area contributed by atoms with E-state index in [4.69, 9.17) is 14.2 Å². The predicted octanol–water partition coefficient (Wildman–Crippen LogP) is 4.07. The number of nitrogens with zero attached hydrogens (tertiary/aromatic N) is 2. The number of thiazole rings is 1. The van der Waals surface area contributed by atoms with Crippen LogP contribution >= 0.6 is 11.3 Å². The minimum absolute atomic E-state index is 0.0924. The quantitative estimate of drug-likeness (QED) is 0.496. The largest absolute Gasteiger partial charge is 0.457 e. The maximum absolute atomic E-state index is 12.4. The fraction of sp³-hybridized carbons (Fsp3) is 0.407. The maximum atomic E-state index is 12.4. The first kappa shape index (κ1) is 24.9. The van der Waals surface area contributed by atoms with Crippen LogP contribution in [0.3, 0.4) is 0 Å². The first-order valence-electron chi connectivity index (χ1n) is 12.3. The number of fused-ring (bicyclic) bond motifs is 1. The molecule has 0 unspecified atom stereocenters. The molecule has 4 atom stereocenters. The van der Waals surface area contributed by atoms with E-state index in [1.807, 2.05) is 47.8 Å². The number of carbonyl (C=O) groups excluding carboxylic acids is 1. The molecule has 1 aromatic heterocycles. The molecule has 1 amide bonds. The minimum atomic E-state index is -0.562. The summed E-state index contributed by atoms with van der Waals surface area (Å²) >= 11 is 1.40. The minimum Gasteiger partial charge on any atom is -0.457 e. The maximum Gasteiger partial charge on any atom is 0.228 e. The van der Waals surface area contributed by atoms with E-state index in [-0.39, 0.29) is 37.2 Å². The summed E-state index contributed by atoms with van der Waals surface area (Å²) in [6.07, 6.45) is 2.69. The van der Waals surface area contributed by atoms with Gasteiger partial charge in [0, 0.05) is 30.7 Å². The summed E-state index contributed by atoms with van der Waals surface area (Å²) in [5.41, 5.74) is 1.13. The number of β-amino-alcohol motifs (C(OH)–C–C–N with tert-alkyl or cyclic N) is 1. The van der Waals surface area contributed by atoms with Crippen LogP contribution in [0.1, 0.15) is 24.8 Å². The van der Waals surface area contributed by atoms with Crippen LogP contribution in [0.4, 0.5) is 5.13 Å². The molecule has 190 valence electrons. The van der Waals surface area contributed by atoms with Crippen molar-refractivity contribution in [1.82, 2.24) is 9.88 Å². The van der Waals surface area contributed by atoms with Crippen molar-refractivity contribution in [2.75, 3.05) is 25.1 Å². The van der Waals surface area contributed by atoms with E-state index >= 15 is 0 Å². The Bertz CT molecular complexity index is 1100. The van der Waals surface area contributed by atoms with Gasteiger partial charge in [0.25, 0.3) is 0 Å². The summed E-state index contributed by atoms with van der Waals surface area (Å²) in [6, 6.07) is 17.9. The fourth-order valence-electron chi connectivity index (χ4n) is 4.81. The fourth-order valence-corrected chi connectivity index (χ4v) is 5.36. The second kappa shape index (κ2) is 11.9. The molecule has 2 aromatic carbocycles. The highest BCUT2D eigenvalue weighted by Crippen LogP contribution is 2.30. The van der Waals surface area contributed by atoms with Crippen LogP contribution in [0, 0.1) is 0 Å². The van der Waals surface area contributed by atoms with Crippen LogP contribution in [0.5, 0.6) is 11.5 Å². The molecule has 2 aliphatic rings. The van der Waals surface area contributed by atoms with Gasteiger partial charge in [0.15, 0.2) is 5.13 Å². The molecule has 8 nitrogen and oxygen atoms in total. The second-order valence-corrected chi connectivity index (χ2v) is 10.1. The SMILES string of the molecule is O=C(C[C@@H]1CC[C@@H]2[C@H](COC[C@@H](O)CN2Cc2ccc(Oc3ccccc3)cc2)O1)Nc1nccs1. The zero-order valence-electron chi connectivity index (χ0n) is 20.0. The summed E-state index contributed by atoms with van der Waals surface area (Å²) in [4.78, 5) is 18.8. The van der Waals surface area contributed by atoms with Gasteiger partial charge in [0.05, 0.1) is 37.9 Å². The van der Waals surface area contributed by atoms with Crippen LogP contribution < -0.4 is 10.1 Å². The van der Waals surface area contributed by atoms with Gasteiger partial charge in [-0.3, -0.25) is 9.69 Å². The van der Waals surface area contributed by atoms with Gasteiger partial charge < -0.3 is 24.6 Å². The van der Waals surface area contributed by atoms with Crippen LogP contribution in [0.15, 0.2) is 66.2 Å². The highest BCUT2D eigenvalue weighted by atomic mass is 32.1. The number of aliphatic hydroxyl groups excluding tert-OH is 1. The van der Waals surface area contributed by atoms with Crippen LogP contribution in [0.25, 0.3) is 0 Å². The van der Waals surface area contributed by atoms with Gasteiger partial charge in [0.2, 0.25) is 5.91 Å². The average Bonchev–Trinajstić information content (AvgIpc) is 3.38. The summed E-state index contributed by atoms with van der Waals surface area (Å²) in [5, 5.41) is 15.7. The Hall–Kier alpha value is -2.82. The molecule has 0 bridgehead atoms. The number of aromatic nitrogens is 1. The number of carbonyl (C=O) groups is 1. The number of para-hydroxylation sites is 1. The lowest BCUT2D eigenvalue weighted by atomic mass is 9.94. The van der Waals surface area contributed by atoms with Crippen molar-refractivity contribution in [2.45, 2.75) is 50.2 Å². The molecular formula is C27H31N3O5S. The van der Waals surface area contributed by atoms with Gasteiger partial charge in [-0.2, -0.15) is 0 Å². The molecular weight excluding hydrogens is 478 g/mol. The number of ether oxygens (including phenoxy) is 3. The van der Waals surface area contributed by atoms with E-state index in [1.54, 1.807) is 6.20 Å². The lowest BCUT2D eigenvalue weighted by molar-refractivity contribution is -0.156. The Morgan fingerprint density at radius 2 is 1.92 bits per heavy atom. The van der Waals surface area contributed by atoms with Gasteiger partial charge >= 0.3 is 0 Å². The standard InChI is InChI=1S/C27H31N3O5S/c31-20-16-30(15-19-6-8-22(9-7-19)34-21-4-2-1-3-5-21)24-11-10-23(35-25(24)18-33-17-20)14-26(32)29-27-28-12-13-36-27/h1-9,12-13,20,23-25,31H,10-11,14-18H2,(H,28,29,32)/t20-,23-,24+,25-/m0/s1. The van der Waals surface area contributed by atoms with Crippen molar-refractivity contribution < 1.29 is 24.1 Å². The van der Waals surface area contributed by atoms with E-state index in [0.29, 0.717) is 24.8 Å². The van der Waals surface area contributed by atoms with Crippen molar-refractivity contribution >= 4 is 22.4 Å². The van der Waals surface area contributed by atoms with Crippen LogP contribution in [-0.2, 0) is 20.8 Å². The summed E-state index contributed by atoms with van der Waals surface area (Å²) < 4.78 is 18.0. The molecule has 2 aliphatic heterocycles. The number of nitrogens with one attached hydrogen (secondary N) is 1. The molecule has 0 radical (unpaired) electrons. The average molecular weight is 510 g/mol. The third-order valence-electron chi connectivity index (χ3n) is 6.47. The summed E-state index contributed by atoms with van der Waals surface area (Å²) in [7, 11) is 0. The topological polar surface area (TPSA) is 93.2 Å². The zero-order chi connectivity index (χ0) is 24.7. The molecule has 0 spiro atoms. The molecule has 5 rings (SSSR count). The smallest absolute Gasteiger partial charge is 0.228 e. The summed E-state index contributed by atoms with van der Waals surface area (Å²) in [6.45, 7) is 1.85. The van der Waals surface area contributed by atoms with Gasteiger partial charge in [-0.25, -0.2) is 4.98 Å². The number of benzene rings is 2. The van der Waals surface area contributed by atoms with E-state index in [9.17, 15) is 9.90 Å². The highest BCUT2D eigenvalue weighted by molar-refractivity contribution is 7.13. The van der Waals surface area contributed by atoms with Gasteiger partial charge in [-0.15, -0.1) is 11.3 Å². The second-order valence-electron chi connectivity index (χ2n) is 9.21. The molecule has 2 saturated heterocycles. The Kier molecular flexibility index (Phi) is 8.25. The molecule has 36 heavy (non-hydrogen) atoms. The number of amides is 1. The van der Waals surface area contributed by atoms with E-state index in [1.165, 1.54) is 11.3 Å². The van der Waals surface area contributed by atoms with Crippen molar-refractivity contribution in [3.63, 3.8) is 0 Å². The predicted molar refractivity (Wildman–Crippen MR) is 137 cm³/mol. The lowest BCUT2D eigenvalue weighted by Crippen LogP contribution is -2.55. The first-order valence-corrected chi connectivity index (χ1v) is 13.2. The number of rotatable bonds is 7. The van der Waals surface area contributed by atoms with Crippen molar-refractivity contribution in [3.05, 3.63) is 71.7 Å². The van der Waals surface area contributed by atoms with Crippen molar-refractivity contribution in [1.29, 1.82) is 0 Å². The first-order chi connectivity index (χ1) is 17.6. The molecule has 9 heteroatoms. The molecule has 2 N–H and O–H groups in total. The number of aliphatic hydroxyl groups is 1. The third kappa shape index (κ3) is 6.68. The number of anilines is 1. The van der Waals surface area contributed by atoms with Crippen molar-refractivity contribution in [2.24, 2.45) is 0 Å². The third-order valence-corrected chi connectivity index (χ3v) is 7.16. The van der Waals surface area contributed by atoms with E-state index in [0.717, 1.165) is 29.9 Å². The van der Waals surface area contributed by atoms with Crippen LogP contribution in [-0.4, -0.2) is 65.0 Å². The Morgan fingerprint density at radius 3 is 2.69 bits per heavy atom. The Balaban J connectivity index is 1.21. The number of hydrogen-bond donors (Lipinski definition) is 2. The molecule has 0 aliphatic carbocycles. The molecule has 3 heterocycles. The molecule has 3 aromatic rings. The summed E-state index contributed by atoms with van der Waals surface area (Å²) in [5.74, 6) is 1.49. The normalized spacial score (nSPS) is 24.8. The molecule has 0 saturated carbocycles. The van der Waals surface area contributed by atoms with Crippen LogP contribution in [0.2, 0.25) is 0 Å². The zero-order valence-corrected chi connectivity index (χ0v) is 20.8. The molecule has 2 fully saturated rings. The Labute approximate surface area is 214 Å². The van der Waals surface area contributed by atoms with Crippen molar-refractivity contribution in [3.8, 4) is 11.5 Å². The Morgan fingerprint density at radius 1 is 1.11 bits per heavy atom. The monoisotopic (exact) mass is 509 g/mol. The van der Waals surface area contributed by atoms with Gasteiger partial charge in [-0.05, 0) is 42.7 Å². The van der Waals surface area contributed by atoms with E-state index < -0.39 is 6.10 Å². The van der Waals surface area contributed by atoms with Gasteiger partial charge in [0.1, 0.15) is 11.5 Å². The van der Waals surface area contributed by atoms with Gasteiger partial charge in [-0.1, -0.05) is 30.3 Å².